The van der Waals surface area contributed by atoms with Gasteiger partial charge in [-0.15, -0.1) is 0 Å². The van der Waals surface area contributed by atoms with E-state index in [1.54, 1.807) is 0 Å². The number of alkyl halides is 3. The summed E-state index contributed by atoms with van der Waals surface area (Å²) in [5.41, 5.74) is 0. The molecule has 1 aliphatic rings. The lowest BCUT2D eigenvalue weighted by atomic mass is 9.97. The molecule has 60 valence electrons. The van der Waals surface area contributed by atoms with Crippen molar-refractivity contribution >= 4 is 0 Å². The predicted molar refractivity (Wildman–Crippen MR) is 31.9 cm³/mol. The van der Waals surface area contributed by atoms with Crippen molar-refractivity contribution in [2.75, 3.05) is 13.1 Å². The minimum absolute atomic E-state index is 0.00463. The normalized spacial score (nSPS) is 22.8. The third kappa shape index (κ3) is 1.87. The van der Waals surface area contributed by atoms with Crippen molar-refractivity contribution in [3.8, 4) is 0 Å². The van der Waals surface area contributed by atoms with Gasteiger partial charge in [-0.05, 0) is 25.4 Å². The van der Waals surface area contributed by atoms with Gasteiger partial charge in [0.1, 0.15) is 0 Å². The van der Waals surface area contributed by atoms with Crippen molar-refractivity contribution in [1.82, 2.24) is 5.32 Å². The molecule has 1 heterocycles. The summed E-state index contributed by atoms with van der Waals surface area (Å²) in [5.74, 6) is 0.129. The Morgan fingerprint density at radius 1 is 1.30 bits per heavy atom. The summed E-state index contributed by atoms with van der Waals surface area (Å²) in [6, 6.07) is 0. The van der Waals surface area contributed by atoms with Gasteiger partial charge >= 0.3 is 0 Å². The van der Waals surface area contributed by atoms with Gasteiger partial charge in [0, 0.05) is 0 Å². The van der Waals surface area contributed by atoms with E-state index in [-0.39, 0.29) is 12.3 Å². The van der Waals surface area contributed by atoms with E-state index in [1.807, 2.05) is 0 Å². The monoisotopic (exact) mass is 153 g/mol. The molecule has 1 atom stereocenters. The molecule has 1 rings (SSSR count). The molecule has 0 aliphatic carbocycles. The Labute approximate surface area is 57.6 Å². The molecule has 1 unspecified atom stereocenters. The maximum Gasteiger partial charge on any atom is 0.269 e. The minimum Gasteiger partial charge on any atom is -0.316 e. The maximum atomic E-state index is 12.2. The van der Waals surface area contributed by atoms with E-state index < -0.39 is 12.6 Å². The maximum absolute atomic E-state index is 12.2. The highest BCUT2D eigenvalue weighted by Gasteiger charge is 2.26. The molecule has 1 aliphatic heterocycles. The first kappa shape index (κ1) is 7.85. The van der Waals surface area contributed by atoms with Crippen LogP contribution in [0.15, 0.2) is 0 Å². The van der Waals surface area contributed by atoms with Gasteiger partial charge in [-0.1, -0.05) is 0 Å². The fraction of sp³-hybridized carbons (Fsp3) is 1.00. The summed E-state index contributed by atoms with van der Waals surface area (Å²) in [6.45, 7) is 1.38. The largest absolute Gasteiger partial charge is 0.316 e. The third-order valence-electron chi connectivity index (χ3n) is 1.70. The van der Waals surface area contributed by atoms with Gasteiger partial charge < -0.3 is 5.32 Å². The average Bonchev–Trinajstić information content (AvgIpc) is 1.77. The van der Waals surface area contributed by atoms with Crippen LogP contribution >= 0.6 is 0 Å². The van der Waals surface area contributed by atoms with E-state index in [0.717, 1.165) is 0 Å². The van der Waals surface area contributed by atoms with Gasteiger partial charge in [-0.25, -0.2) is 13.2 Å². The second-order valence-corrected chi connectivity index (χ2v) is 2.61. The molecule has 4 heteroatoms. The SMILES string of the molecule is FC(F)C(F)CC1CNC1. The Balaban J connectivity index is 2.10. The highest BCUT2D eigenvalue weighted by molar-refractivity contribution is 4.78. The number of hydrogen-bond acceptors (Lipinski definition) is 1. The fourth-order valence-electron chi connectivity index (χ4n) is 0.936. The zero-order chi connectivity index (χ0) is 7.56. The van der Waals surface area contributed by atoms with Crippen molar-refractivity contribution in [1.29, 1.82) is 0 Å². The summed E-state index contributed by atoms with van der Waals surface area (Å²) < 4.78 is 35.3. The molecule has 1 fully saturated rings. The van der Waals surface area contributed by atoms with Crippen LogP contribution in [-0.2, 0) is 0 Å². The lowest BCUT2D eigenvalue weighted by molar-refractivity contribution is 0.0311. The van der Waals surface area contributed by atoms with Gasteiger partial charge in [0.2, 0.25) is 0 Å². The molecule has 1 saturated heterocycles. The van der Waals surface area contributed by atoms with Gasteiger partial charge in [-0.3, -0.25) is 0 Å². The summed E-state index contributed by atoms with van der Waals surface area (Å²) in [4.78, 5) is 0. The molecule has 0 aromatic rings. The summed E-state index contributed by atoms with van der Waals surface area (Å²) in [6.07, 6.45) is -4.72. The summed E-state index contributed by atoms with van der Waals surface area (Å²) in [7, 11) is 0. The molecule has 0 aromatic carbocycles. The first-order valence-corrected chi connectivity index (χ1v) is 3.33. The molecule has 0 saturated carbocycles. The second-order valence-electron chi connectivity index (χ2n) is 2.61. The van der Waals surface area contributed by atoms with E-state index >= 15 is 0 Å². The van der Waals surface area contributed by atoms with Crippen molar-refractivity contribution in [3.63, 3.8) is 0 Å². The smallest absolute Gasteiger partial charge is 0.269 e. The van der Waals surface area contributed by atoms with Crippen LogP contribution < -0.4 is 5.32 Å². The predicted octanol–water partition coefficient (Wildman–Crippen LogP) is 1.20. The standard InChI is InChI=1S/C6H10F3N/c7-5(6(8)9)1-4-2-10-3-4/h4-6,10H,1-3H2. The van der Waals surface area contributed by atoms with Crippen LogP contribution in [0.25, 0.3) is 0 Å². The van der Waals surface area contributed by atoms with Crippen LogP contribution in [0.2, 0.25) is 0 Å². The second kappa shape index (κ2) is 3.23. The van der Waals surface area contributed by atoms with E-state index in [9.17, 15) is 13.2 Å². The Hall–Kier alpha value is -0.250. The lowest BCUT2D eigenvalue weighted by Gasteiger charge is -2.27. The van der Waals surface area contributed by atoms with Gasteiger partial charge in [-0.2, -0.15) is 0 Å². The molecule has 10 heavy (non-hydrogen) atoms. The van der Waals surface area contributed by atoms with Crippen molar-refractivity contribution in [2.45, 2.75) is 19.0 Å². The van der Waals surface area contributed by atoms with Gasteiger partial charge in [0.05, 0.1) is 0 Å². The molecular weight excluding hydrogens is 143 g/mol. The van der Waals surface area contributed by atoms with Crippen molar-refractivity contribution < 1.29 is 13.2 Å². The number of halogens is 3. The summed E-state index contributed by atoms with van der Waals surface area (Å²) in [5, 5.41) is 2.89. The Kier molecular flexibility index (Phi) is 2.54. The number of hydrogen-bond donors (Lipinski definition) is 1. The van der Waals surface area contributed by atoms with Crippen LogP contribution in [0.3, 0.4) is 0 Å². The van der Waals surface area contributed by atoms with E-state index in [4.69, 9.17) is 0 Å². The van der Waals surface area contributed by atoms with E-state index in [0.29, 0.717) is 13.1 Å². The van der Waals surface area contributed by atoms with Crippen LogP contribution in [0.5, 0.6) is 0 Å². The van der Waals surface area contributed by atoms with Crippen LogP contribution in [0.1, 0.15) is 6.42 Å². The number of rotatable bonds is 3. The average molecular weight is 153 g/mol. The van der Waals surface area contributed by atoms with Crippen molar-refractivity contribution in [3.05, 3.63) is 0 Å². The molecule has 0 spiro atoms. The molecule has 0 bridgehead atoms. The quantitative estimate of drug-likeness (QED) is 0.642. The fourth-order valence-corrected chi connectivity index (χ4v) is 0.936. The zero-order valence-electron chi connectivity index (χ0n) is 5.49. The first-order valence-electron chi connectivity index (χ1n) is 3.33. The van der Waals surface area contributed by atoms with Crippen LogP contribution in [0, 0.1) is 5.92 Å². The molecular formula is C6H10F3N. The molecule has 1 N–H and O–H groups in total. The van der Waals surface area contributed by atoms with Crippen molar-refractivity contribution in [2.24, 2.45) is 5.92 Å². The van der Waals surface area contributed by atoms with Crippen LogP contribution in [0.4, 0.5) is 13.2 Å². The molecule has 1 nitrogen and oxygen atoms in total. The zero-order valence-corrected chi connectivity index (χ0v) is 5.49. The Morgan fingerprint density at radius 2 is 1.90 bits per heavy atom. The van der Waals surface area contributed by atoms with Gasteiger partial charge in [0.25, 0.3) is 6.43 Å². The highest BCUT2D eigenvalue weighted by Crippen LogP contribution is 2.18. The van der Waals surface area contributed by atoms with E-state index in [2.05, 4.69) is 5.32 Å². The summed E-state index contributed by atoms with van der Waals surface area (Å²) >= 11 is 0. The first-order chi connectivity index (χ1) is 4.70. The van der Waals surface area contributed by atoms with Crippen LogP contribution in [-0.4, -0.2) is 25.7 Å². The third-order valence-corrected chi connectivity index (χ3v) is 1.70. The minimum atomic E-state index is -2.81. The van der Waals surface area contributed by atoms with E-state index in [1.165, 1.54) is 0 Å². The molecule has 0 radical (unpaired) electrons. The Morgan fingerprint density at radius 3 is 2.20 bits per heavy atom. The molecule has 0 amide bonds. The highest BCUT2D eigenvalue weighted by atomic mass is 19.3. The molecule has 0 aromatic heterocycles. The van der Waals surface area contributed by atoms with Gasteiger partial charge in [0.15, 0.2) is 6.17 Å². The topological polar surface area (TPSA) is 12.0 Å². The number of nitrogens with one attached hydrogen (secondary N) is 1. The lowest BCUT2D eigenvalue weighted by Crippen LogP contribution is -2.43. The Bertz CT molecular complexity index is 103.